The lowest BCUT2D eigenvalue weighted by molar-refractivity contribution is -0.387. The number of nitrogens with one attached hydrogen (secondary N) is 1. The predicted molar refractivity (Wildman–Crippen MR) is 110 cm³/mol. The van der Waals surface area contributed by atoms with Crippen LogP contribution < -0.4 is 5.56 Å². The van der Waals surface area contributed by atoms with E-state index in [1.165, 1.54) is 17.8 Å². The molecular weight excluding hydrogens is 374 g/mol. The van der Waals surface area contributed by atoms with Crippen molar-refractivity contribution in [3.63, 3.8) is 0 Å². The largest absolute Gasteiger partial charge is 0.306 e. The number of para-hydroxylation sites is 1. The zero-order valence-electron chi connectivity index (χ0n) is 14.7. The quantitative estimate of drug-likeness (QED) is 0.301. The standard InChI is InChI=1S/C21H15N3O3S/c25-21-16-8-4-5-9-17(16)22-20(23-21)15-10-11-19(18(12-15)24(26)27)28-13-14-6-2-1-3-7-14/h1-12H,13H2,(H,22,23,25). The molecule has 4 rings (SSSR count). The van der Waals surface area contributed by atoms with Gasteiger partial charge in [0.25, 0.3) is 11.2 Å². The van der Waals surface area contributed by atoms with Crippen LogP contribution in [0.15, 0.2) is 82.5 Å². The molecule has 3 aromatic carbocycles. The fourth-order valence-corrected chi connectivity index (χ4v) is 3.85. The van der Waals surface area contributed by atoms with E-state index >= 15 is 0 Å². The van der Waals surface area contributed by atoms with E-state index in [1.54, 1.807) is 36.4 Å². The molecule has 138 valence electrons. The molecule has 0 fully saturated rings. The average molecular weight is 389 g/mol. The van der Waals surface area contributed by atoms with Crippen molar-refractivity contribution in [2.45, 2.75) is 10.6 Å². The first-order valence-corrected chi connectivity index (χ1v) is 9.55. The van der Waals surface area contributed by atoms with Gasteiger partial charge < -0.3 is 4.98 Å². The van der Waals surface area contributed by atoms with E-state index in [0.717, 1.165) is 5.56 Å². The molecule has 0 atom stereocenters. The molecule has 0 saturated heterocycles. The second kappa shape index (κ2) is 7.66. The van der Waals surface area contributed by atoms with Gasteiger partial charge in [-0.3, -0.25) is 14.9 Å². The number of thioether (sulfide) groups is 1. The third kappa shape index (κ3) is 3.65. The highest BCUT2D eigenvalue weighted by molar-refractivity contribution is 7.98. The molecule has 7 heteroatoms. The Morgan fingerprint density at radius 2 is 1.75 bits per heavy atom. The number of hydrogen-bond acceptors (Lipinski definition) is 5. The van der Waals surface area contributed by atoms with Crippen LogP contribution in [0.25, 0.3) is 22.3 Å². The summed E-state index contributed by atoms with van der Waals surface area (Å²) in [5, 5.41) is 12.1. The maximum absolute atomic E-state index is 12.3. The first-order valence-electron chi connectivity index (χ1n) is 8.56. The molecule has 0 aliphatic carbocycles. The van der Waals surface area contributed by atoms with Gasteiger partial charge in [0.15, 0.2) is 0 Å². The molecule has 0 aliphatic rings. The zero-order chi connectivity index (χ0) is 19.5. The van der Waals surface area contributed by atoms with Crippen molar-refractivity contribution in [2.24, 2.45) is 0 Å². The van der Waals surface area contributed by atoms with Crippen molar-refractivity contribution in [2.75, 3.05) is 0 Å². The molecule has 28 heavy (non-hydrogen) atoms. The Labute approximate surface area is 164 Å². The fraction of sp³-hybridized carbons (Fsp3) is 0.0476. The normalized spacial score (nSPS) is 10.9. The molecular formula is C21H15N3O3S. The van der Waals surface area contributed by atoms with Gasteiger partial charge in [0, 0.05) is 17.4 Å². The van der Waals surface area contributed by atoms with E-state index in [-0.39, 0.29) is 11.2 Å². The van der Waals surface area contributed by atoms with E-state index in [9.17, 15) is 14.9 Å². The minimum Gasteiger partial charge on any atom is -0.306 e. The highest BCUT2D eigenvalue weighted by Gasteiger charge is 2.17. The summed E-state index contributed by atoms with van der Waals surface area (Å²) in [4.78, 5) is 31.2. The lowest BCUT2D eigenvalue weighted by Crippen LogP contribution is -2.09. The second-order valence-electron chi connectivity index (χ2n) is 6.15. The molecule has 0 unspecified atom stereocenters. The third-order valence-corrected chi connectivity index (χ3v) is 5.41. The minimum atomic E-state index is -0.407. The number of nitro benzene ring substituents is 1. The average Bonchev–Trinajstić information content (AvgIpc) is 2.73. The Kier molecular flexibility index (Phi) is 4.90. The van der Waals surface area contributed by atoms with Gasteiger partial charge in [0.05, 0.1) is 20.7 Å². The number of H-pyrrole nitrogens is 1. The van der Waals surface area contributed by atoms with Crippen LogP contribution >= 0.6 is 11.8 Å². The van der Waals surface area contributed by atoms with Gasteiger partial charge in [0.1, 0.15) is 5.82 Å². The molecule has 0 spiro atoms. The zero-order valence-corrected chi connectivity index (χ0v) is 15.5. The van der Waals surface area contributed by atoms with Gasteiger partial charge in [-0.05, 0) is 29.8 Å². The Morgan fingerprint density at radius 3 is 2.54 bits per heavy atom. The van der Waals surface area contributed by atoms with Gasteiger partial charge in [0.2, 0.25) is 0 Å². The topological polar surface area (TPSA) is 88.9 Å². The Balaban J connectivity index is 1.70. The first-order chi connectivity index (χ1) is 13.6. The van der Waals surface area contributed by atoms with Crippen molar-refractivity contribution in [1.29, 1.82) is 0 Å². The molecule has 6 nitrogen and oxygen atoms in total. The third-order valence-electron chi connectivity index (χ3n) is 4.28. The molecule has 1 N–H and O–H groups in total. The van der Waals surface area contributed by atoms with Crippen LogP contribution in [0.3, 0.4) is 0 Å². The summed E-state index contributed by atoms with van der Waals surface area (Å²) < 4.78 is 0. The number of hydrogen-bond donors (Lipinski definition) is 1. The molecule has 1 aromatic heterocycles. The van der Waals surface area contributed by atoms with Gasteiger partial charge >= 0.3 is 0 Å². The van der Waals surface area contributed by atoms with Crippen molar-refractivity contribution in [3.05, 3.63) is 98.8 Å². The van der Waals surface area contributed by atoms with Gasteiger partial charge in [-0.1, -0.05) is 42.5 Å². The molecule has 1 heterocycles. The second-order valence-corrected chi connectivity index (χ2v) is 7.16. The van der Waals surface area contributed by atoms with Gasteiger partial charge in [-0.25, -0.2) is 4.98 Å². The summed E-state index contributed by atoms with van der Waals surface area (Å²) in [7, 11) is 0. The van der Waals surface area contributed by atoms with E-state index < -0.39 is 4.92 Å². The van der Waals surface area contributed by atoms with Gasteiger partial charge in [-0.2, -0.15) is 0 Å². The van der Waals surface area contributed by atoms with Gasteiger partial charge in [-0.15, -0.1) is 11.8 Å². The van der Waals surface area contributed by atoms with E-state index in [4.69, 9.17) is 0 Å². The van der Waals surface area contributed by atoms with Crippen LogP contribution in [0.4, 0.5) is 5.69 Å². The van der Waals surface area contributed by atoms with Crippen LogP contribution in [0.5, 0.6) is 0 Å². The molecule has 0 radical (unpaired) electrons. The highest BCUT2D eigenvalue weighted by Crippen LogP contribution is 2.34. The number of aromatic nitrogens is 2. The van der Waals surface area contributed by atoms with E-state index in [0.29, 0.717) is 32.9 Å². The molecule has 0 bridgehead atoms. The first kappa shape index (κ1) is 17.9. The molecule has 0 aliphatic heterocycles. The van der Waals surface area contributed by atoms with Crippen LogP contribution in [0.1, 0.15) is 5.56 Å². The lowest BCUT2D eigenvalue weighted by Gasteiger charge is -2.07. The smallest absolute Gasteiger partial charge is 0.283 e. The van der Waals surface area contributed by atoms with Crippen molar-refractivity contribution >= 4 is 28.4 Å². The number of rotatable bonds is 5. The highest BCUT2D eigenvalue weighted by atomic mass is 32.2. The van der Waals surface area contributed by atoms with Crippen LogP contribution in [0, 0.1) is 10.1 Å². The maximum atomic E-state index is 12.3. The summed E-state index contributed by atoms with van der Waals surface area (Å²) in [6, 6.07) is 21.7. The predicted octanol–water partition coefficient (Wildman–Crippen LogP) is 4.79. The number of fused-ring (bicyclic) bond motifs is 1. The number of benzene rings is 3. The van der Waals surface area contributed by atoms with Crippen LogP contribution in [-0.4, -0.2) is 14.9 Å². The maximum Gasteiger partial charge on any atom is 0.283 e. The van der Waals surface area contributed by atoms with Crippen molar-refractivity contribution in [1.82, 2.24) is 9.97 Å². The Bertz CT molecular complexity index is 1220. The number of aromatic amines is 1. The SMILES string of the molecule is O=c1[nH]c(-c2ccc(SCc3ccccc3)c([N+](=O)[O-])c2)nc2ccccc12. The number of nitrogens with zero attached hydrogens (tertiary/aromatic N) is 2. The fourth-order valence-electron chi connectivity index (χ4n) is 2.89. The number of nitro groups is 1. The van der Waals surface area contributed by atoms with Crippen LogP contribution in [-0.2, 0) is 5.75 Å². The van der Waals surface area contributed by atoms with Crippen LogP contribution in [0.2, 0.25) is 0 Å². The summed E-state index contributed by atoms with van der Waals surface area (Å²) in [6.45, 7) is 0. The summed E-state index contributed by atoms with van der Waals surface area (Å²) in [5.74, 6) is 0.943. The van der Waals surface area contributed by atoms with Crippen molar-refractivity contribution in [3.8, 4) is 11.4 Å². The minimum absolute atomic E-state index is 0.00533. The molecule has 0 amide bonds. The summed E-state index contributed by atoms with van der Waals surface area (Å²) >= 11 is 1.40. The van der Waals surface area contributed by atoms with Crippen molar-refractivity contribution < 1.29 is 4.92 Å². The summed E-state index contributed by atoms with van der Waals surface area (Å²) in [6.07, 6.45) is 0. The van der Waals surface area contributed by atoms with E-state index in [1.807, 2.05) is 30.3 Å². The molecule has 0 saturated carbocycles. The van der Waals surface area contributed by atoms with E-state index in [2.05, 4.69) is 9.97 Å². The summed E-state index contributed by atoms with van der Waals surface area (Å²) in [5.41, 5.74) is 1.86. The molecule has 4 aromatic rings. The Hall–Kier alpha value is -3.45. The Morgan fingerprint density at radius 1 is 1.00 bits per heavy atom. The lowest BCUT2D eigenvalue weighted by atomic mass is 10.1. The monoisotopic (exact) mass is 389 g/mol.